The zero-order valence-corrected chi connectivity index (χ0v) is 21.7. The third-order valence-electron chi connectivity index (χ3n) is 6.91. The number of rotatable bonds is 1. The highest BCUT2D eigenvalue weighted by atomic mass is 16.5. The summed E-state index contributed by atoms with van der Waals surface area (Å²) in [5.41, 5.74) is 0.360. The topological polar surface area (TPSA) is 127 Å². The molecule has 0 spiro atoms. The van der Waals surface area contributed by atoms with E-state index in [1.807, 2.05) is 18.2 Å². The average molecular weight is 514 g/mol. The number of aromatic nitrogens is 1. The fraction of sp³-hybridized carbons (Fsp3) is 0.556. The Labute approximate surface area is 216 Å². The first-order valence-electron chi connectivity index (χ1n) is 12.7. The first-order valence-corrected chi connectivity index (χ1v) is 12.7. The van der Waals surface area contributed by atoms with Crippen molar-refractivity contribution in [2.45, 2.75) is 77.3 Å². The first-order chi connectivity index (χ1) is 17.6. The largest absolute Gasteiger partial charge is 0.469 e. The van der Waals surface area contributed by atoms with E-state index in [-0.39, 0.29) is 13.0 Å². The highest BCUT2D eigenvalue weighted by molar-refractivity contribution is 5.91. The Morgan fingerprint density at radius 1 is 1.19 bits per heavy atom. The molecule has 1 fully saturated rings. The minimum Gasteiger partial charge on any atom is -0.469 e. The van der Waals surface area contributed by atoms with Gasteiger partial charge in [0.25, 0.3) is 0 Å². The van der Waals surface area contributed by atoms with Gasteiger partial charge in [-0.15, -0.1) is 0 Å². The van der Waals surface area contributed by atoms with E-state index in [2.05, 4.69) is 16.4 Å². The predicted molar refractivity (Wildman–Crippen MR) is 135 cm³/mol. The van der Waals surface area contributed by atoms with Crippen molar-refractivity contribution in [3.05, 3.63) is 36.0 Å². The van der Waals surface area contributed by atoms with E-state index in [0.29, 0.717) is 12.3 Å². The molecule has 10 heteroatoms. The number of nitrogens with one attached hydrogen (secondary N) is 1. The number of methoxy groups -OCH3 is 1. The molecule has 1 aromatic heterocycles. The van der Waals surface area contributed by atoms with Crippen LogP contribution in [-0.2, 0) is 25.5 Å². The molecule has 2 aliphatic rings. The van der Waals surface area contributed by atoms with Crippen molar-refractivity contribution in [2.75, 3.05) is 13.7 Å². The van der Waals surface area contributed by atoms with Crippen molar-refractivity contribution in [3.8, 4) is 5.88 Å². The zero-order valence-electron chi connectivity index (χ0n) is 21.7. The molecule has 200 valence electrons. The SMILES string of the molecule is COC(=O)[C@@H]1C[C@@H]2Oc3nccc4ccc(cc34)CCCCCOC(=O)N[C@@H](C(C)(C)C)C(=O)N1[C@@H]2O. The second kappa shape index (κ2) is 10.9. The summed E-state index contributed by atoms with van der Waals surface area (Å²) in [5, 5.41) is 15.6. The number of aryl methyl sites for hydroxylation is 1. The van der Waals surface area contributed by atoms with E-state index in [4.69, 9.17) is 14.2 Å². The highest BCUT2D eigenvalue weighted by Crippen LogP contribution is 2.33. The number of ether oxygens (including phenoxy) is 3. The summed E-state index contributed by atoms with van der Waals surface area (Å²) < 4.78 is 16.4. The van der Waals surface area contributed by atoms with Gasteiger partial charge in [0, 0.05) is 18.0 Å². The number of hydrogen-bond donors (Lipinski definition) is 2. The van der Waals surface area contributed by atoms with Crippen LogP contribution < -0.4 is 10.1 Å². The number of hydrogen-bond acceptors (Lipinski definition) is 8. The van der Waals surface area contributed by atoms with Gasteiger partial charge in [0.15, 0.2) is 6.23 Å². The maximum Gasteiger partial charge on any atom is 0.407 e. The van der Waals surface area contributed by atoms with Crippen LogP contribution in [0.25, 0.3) is 10.8 Å². The Morgan fingerprint density at radius 2 is 1.97 bits per heavy atom. The molecule has 0 saturated carbocycles. The molecule has 2 aromatic rings. The predicted octanol–water partition coefficient (Wildman–Crippen LogP) is 2.94. The van der Waals surface area contributed by atoms with Gasteiger partial charge in [0.05, 0.1) is 13.7 Å². The fourth-order valence-electron chi connectivity index (χ4n) is 4.87. The number of benzene rings is 1. The van der Waals surface area contributed by atoms with Gasteiger partial charge < -0.3 is 24.6 Å². The van der Waals surface area contributed by atoms with E-state index in [1.165, 1.54) is 7.11 Å². The van der Waals surface area contributed by atoms with E-state index >= 15 is 0 Å². The van der Waals surface area contributed by atoms with E-state index in [0.717, 1.165) is 40.5 Å². The number of nitrogens with zero attached hydrogens (tertiary/aromatic N) is 2. The van der Waals surface area contributed by atoms with Crippen LogP contribution in [0, 0.1) is 5.41 Å². The molecular weight excluding hydrogens is 478 g/mol. The quantitative estimate of drug-likeness (QED) is 0.558. The lowest BCUT2D eigenvalue weighted by atomic mass is 9.85. The average Bonchev–Trinajstić information content (AvgIpc) is 3.18. The Bertz CT molecular complexity index is 1160. The highest BCUT2D eigenvalue weighted by Gasteiger charge is 2.51. The van der Waals surface area contributed by atoms with Crippen molar-refractivity contribution in [1.82, 2.24) is 15.2 Å². The second-order valence-electron chi connectivity index (χ2n) is 10.7. The molecule has 3 heterocycles. The number of carbonyl (C=O) groups excluding carboxylic acids is 3. The van der Waals surface area contributed by atoms with Crippen LogP contribution >= 0.6 is 0 Å². The lowest BCUT2D eigenvalue weighted by molar-refractivity contribution is -0.160. The maximum absolute atomic E-state index is 13.8. The summed E-state index contributed by atoms with van der Waals surface area (Å²) in [6.45, 7) is 5.56. The number of esters is 1. The number of pyridine rings is 1. The standard InChI is InChI=1S/C27H35N3O7/c1-27(2,3)21-24(32)30-19(25(33)35-4)15-20(23(30)31)37-22-18-14-16(9-10-17(18)11-12-28-22)8-6-5-7-13-36-26(34)29-21/h9-12,14,19-21,23,31H,5-8,13,15H2,1-4H3,(H,29,34)/t19-,20-,21+,23+/m0/s1. The lowest BCUT2D eigenvalue weighted by Crippen LogP contribution is -2.59. The summed E-state index contributed by atoms with van der Waals surface area (Å²) in [7, 11) is 1.22. The van der Waals surface area contributed by atoms with Gasteiger partial charge in [-0.2, -0.15) is 0 Å². The molecule has 4 atom stereocenters. The number of carbonyl (C=O) groups is 3. The van der Waals surface area contributed by atoms with Crippen LogP contribution in [0.15, 0.2) is 30.5 Å². The third-order valence-corrected chi connectivity index (χ3v) is 6.91. The van der Waals surface area contributed by atoms with Crippen LogP contribution in [-0.4, -0.2) is 71.1 Å². The Kier molecular flexibility index (Phi) is 7.87. The van der Waals surface area contributed by atoms with Crippen LogP contribution in [0.3, 0.4) is 0 Å². The summed E-state index contributed by atoms with van der Waals surface area (Å²) in [4.78, 5) is 44.5. The molecule has 10 nitrogen and oxygen atoms in total. The van der Waals surface area contributed by atoms with Crippen molar-refractivity contribution in [3.63, 3.8) is 0 Å². The summed E-state index contributed by atoms with van der Waals surface area (Å²) in [6, 6.07) is 5.77. The molecule has 1 aromatic carbocycles. The van der Waals surface area contributed by atoms with Gasteiger partial charge >= 0.3 is 12.1 Å². The van der Waals surface area contributed by atoms with E-state index in [1.54, 1.807) is 27.0 Å². The molecule has 4 bridgehead atoms. The number of amides is 2. The Balaban J connectivity index is 1.75. The normalized spacial score (nSPS) is 25.6. The molecule has 0 radical (unpaired) electrons. The van der Waals surface area contributed by atoms with Gasteiger partial charge in [0.2, 0.25) is 11.8 Å². The number of aliphatic hydroxyl groups is 1. The van der Waals surface area contributed by atoms with Gasteiger partial charge in [-0.3, -0.25) is 9.69 Å². The Morgan fingerprint density at radius 3 is 2.70 bits per heavy atom. The molecule has 37 heavy (non-hydrogen) atoms. The summed E-state index contributed by atoms with van der Waals surface area (Å²) >= 11 is 0. The maximum atomic E-state index is 13.8. The smallest absolute Gasteiger partial charge is 0.407 e. The van der Waals surface area contributed by atoms with Crippen LogP contribution in [0.1, 0.15) is 52.0 Å². The molecular formula is C27H35N3O7. The number of alkyl carbamates (subject to hydrolysis) is 1. The van der Waals surface area contributed by atoms with Crippen molar-refractivity contribution < 1.29 is 33.7 Å². The van der Waals surface area contributed by atoms with Gasteiger partial charge in [-0.1, -0.05) is 32.9 Å². The van der Waals surface area contributed by atoms with Gasteiger partial charge in [-0.25, -0.2) is 14.6 Å². The minimum atomic E-state index is -1.47. The van der Waals surface area contributed by atoms with Crippen LogP contribution in [0.2, 0.25) is 0 Å². The molecule has 4 rings (SSSR count). The van der Waals surface area contributed by atoms with Crippen molar-refractivity contribution in [2.24, 2.45) is 5.41 Å². The van der Waals surface area contributed by atoms with Crippen LogP contribution in [0.5, 0.6) is 5.88 Å². The fourth-order valence-corrected chi connectivity index (χ4v) is 4.87. The zero-order chi connectivity index (χ0) is 26.7. The molecule has 1 saturated heterocycles. The number of cyclic esters (lactones) is 1. The van der Waals surface area contributed by atoms with E-state index < -0.39 is 47.8 Å². The third kappa shape index (κ3) is 5.79. The molecule has 0 unspecified atom stereocenters. The summed E-state index contributed by atoms with van der Waals surface area (Å²) in [6.07, 6.45) is 1.77. The number of fused-ring (bicyclic) bond motifs is 3. The molecule has 0 aliphatic carbocycles. The second-order valence-corrected chi connectivity index (χ2v) is 10.7. The first kappa shape index (κ1) is 26.7. The monoisotopic (exact) mass is 513 g/mol. The van der Waals surface area contributed by atoms with Gasteiger partial charge in [-0.05, 0) is 54.2 Å². The summed E-state index contributed by atoms with van der Waals surface area (Å²) in [5.74, 6) is -1.00. The minimum absolute atomic E-state index is 0.00134. The molecule has 2 amide bonds. The van der Waals surface area contributed by atoms with E-state index in [9.17, 15) is 19.5 Å². The van der Waals surface area contributed by atoms with Gasteiger partial charge in [0.1, 0.15) is 18.2 Å². The molecule has 2 aliphatic heterocycles. The van der Waals surface area contributed by atoms with Crippen molar-refractivity contribution >= 4 is 28.7 Å². The van der Waals surface area contributed by atoms with Crippen LogP contribution in [0.4, 0.5) is 4.79 Å². The van der Waals surface area contributed by atoms with Crippen molar-refractivity contribution in [1.29, 1.82) is 0 Å². The lowest BCUT2D eigenvalue weighted by Gasteiger charge is -2.36. The Hall–Kier alpha value is -3.40. The molecule has 2 N–H and O–H groups in total. The number of aliphatic hydroxyl groups excluding tert-OH is 1.